The lowest BCUT2D eigenvalue weighted by Gasteiger charge is -2.42. The van der Waals surface area contributed by atoms with E-state index in [1.165, 1.54) is 40.5 Å². The number of anilines is 1. The molecule has 2 aliphatic carbocycles. The van der Waals surface area contributed by atoms with E-state index in [0.717, 1.165) is 21.2 Å². The van der Waals surface area contributed by atoms with Gasteiger partial charge in [-0.2, -0.15) is 0 Å². The molecule has 184 valence electrons. The number of carbonyl (C=O) groups is 3. The summed E-state index contributed by atoms with van der Waals surface area (Å²) >= 11 is 4.56. The average Bonchev–Trinajstić information content (AvgIpc) is 3.66. The van der Waals surface area contributed by atoms with Gasteiger partial charge in [0, 0.05) is 26.6 Å². The molecular weight excluding hydrogens is 521 g/mol. The number of hydrogen-bond acceptors (Lipinski definition) is 7. The molecule has 1 saturated heterocycles. The highest BCUT2D eigenvalue weighted by Crippen LogP contribution is 2.68. The molecule has 2 aliphatic heterocycles. The van der Waals surface area contributed by atoms with Crippen molar-refractivity contribution in [3.05, 3.63) is 67.0 Å². The first-order valence-corrected chi connectivity index (χ1v) is 14.3. The maximum atomic E-state index is 13.6. The predicted octanol–water partition coefficient (Wildman–Crippen LogP) is 3.75. The number of aromatic amines is 1. The molecular formula is C25H20FN3O4S3. The van der Waals surface area contributed by atoms with Gasteiger partial charge in [-0.25, -0.2) is 4.39 Å². The van der Waals surface area contributed by atoms with Crippen LogP contribution in [0.4, 0.5) is 10.1 Å². The number of fused-ring (bicyclic) bond motifs is 9. The second kappa shape index (κ2) is 8.12. The topological polar surface area (TPSA) is 99.3 Å². The maximum absolute atomic E-state index is 13.6. The standard InChI is InChI=1S/C25H20FN3O4S3/c26-10-3-5-11(6-4-10)27-15(30)9-29-23(31)17-12-8-13(18(17)24(29)32)20-16(12)19(14-2-1-7-34-14)21-22(35-20)28-25(33)36-21/h1-7,12-13,16-20H,8-9H2,(H,27,30)(H,28,33). The molecule has 2 N–H and O–H groups in total. The molecule has 7 nitrogen and oxygen atoms in total. The smallest absolute Gasteiger partial charge is 0.305 e. The molecule has 11 heteroatoms. The number of likely N-dealkylation sites (tertiary alicyclic amines) is 1. The number of H-pyrrole nitrogens is 1. The van der Waals surface area contributed by atoms with Gasteiger partial charge in [-0.1, -0.05) is 17.4 Å². The van der Waals surface area contributed by atoms with E-state index in [0.29, 0.717) is 5.69 Å². The van der Waals surface area contributed by atoms with Crippen molar-refractivity contribution in [3.8, 4) is 0 Å². The van der Waals surface area contributed by atoms with Gasteiger partial charge in [0.15, 0.2) is 0 Å². The first-order chi connectivity index (χ1) is 17.4. The summed E-state index contributed by atoms with van der Waals surface area (Å²) in [6.45, 7) is -0.348. The van der Waals surface area contributed by atoms with E-state index in [2.05, 4.69) is 16.4 Å². The lowest BCUT2D eigenvalue weighted by atomic mass is 9.69. The largest absolute Gasteiger partial charge is 0.325 e. The number of nitrogens with one attached hydrogen (secondary N) is 2. The first kappa shape index (κ1) is 22.4. The van der Waals surface area contributed by atoms with Crippen molar-refractivity contribution < 1.29 is 18.8 Å². The summed E-state index contributed by atoms with van der Waals surface area (Å²) in [6, 6.07) is 9.44. The van der Waals surface area contributed by atoms with E-state index in [1.54, 1.807) is 23.1 Å². The van der Waals surface area contributed by atoms with Crippen LogP contribution in [0.5, 0.6) is 0 Å². The van der Waals surface area contributed by atoms with Crippen LogP contribution in [-0.4, -0.2) is 39.4 Å². The van der Waals surface area contributed by atoms with E-state index in [9.17, 15) is 23.6 Å². The SMILES string of the molecule is O=C(CN1C(=O)C2C3CC(C2C1=O)C1C(c2cccs2)c2sc(=O)[nH]c2SC31)Nc1ccc(F)cc1. The molecule has 3 fully saturated rings. The normalized spacial score (nSPS) is 31.9. The third kappa shape index (κ3) is 3.22. The number of amides is 3. The van der Waals surface area contributed by atoms with Crippen molar-refractivity contribution in [1.82, 2.24) is 9.88 Å². The van der Waals surface area contributed by atoms with Gasteiger partial charge in [-0.05, 0) is 59.9 Å². The molecule has 7 atom stereocenters. The van der Waals surface area contributed by atoms with Crippen LogP contribution in [0.2, 0.25) is 0 Å². The number of halogens is 1. The minimum atomic E-state index is -0.487. The fraction of sp³-hybridized carbons (Fsp3) is 0.360. The molecule has 2 aromatic heterocycles. The minimum absolute atomic E-state index is 0.0237. The Kier molecular flexibility index (Phi) is 5.06. The summed E-state index contributed by atoms with van der Waals surface area (Å²) in [6.07, 6.45) is 0.811. The highest BCUT2D eigenvalue weighted by Gasteiger charge is 2.69. The predicted molar refractivity (Wildman–Crippen MR) is 135 cm³/mol. The Bertz CT molecular complexity index is 1450. The monoisotopic (exact) mass is 541 g/mol. The number of rotatable bonds is 4. The van der Waals surface area contributed by atoms with Gasteiger partial charge in [0.1, 0.15) is 12.4 Å². The van der Waals surface area contributed by atoms with Gasteiger partial charge >= 0.3 is 4.87 Å². The van der Waals surface area contributed by atoms with E-state index >= 15 is 0 Å². The van der Waals surface area contributed by atoms with Crippen LogP contribution >= 0.6 is 34.4 Å². The lowest BCUT2D eigenvalue weighted by molar-refractivity contribution is -0.143. The van der Waals surface area contributed by atoms with Gasteiger partial charge in [0.25, 0.3) is 0 Å². The summed E-state index contributed by atoms with van der Waals surface area (Å²) in [5, 5.41) is 5.69. The third-order valence-electron chi connectivity index (χ3n) is 8.09. The van der Waals surface area contributed by atoms with Crippen LogP contribution in [0.1, 0.15) is 22.1 Å². The van der Waals surface area contributed by atoms with Crippen LogP contribution in [0.25, 0.3) is 0 Å². The van der Waals surface area contributed by atoms with Crippen molar-refractivity contribution in [2.75, 3.05) is 11.9 Å². The third-order valence-corrected chi connectivity index (χ3v) is 11.6. The Morgan fingerprint density at radius 1 is 1.08 bits per heavy atom. The van der Waals surface area contributed by atoms with Gasteiger partial charge in [-0.3, -0.25) is 24.1 Å². The summed E-state index contributed by atoms with van der Waals surface area (Å²) in [7, 11) is 0. The highest BCUT2D eigenvalue weighted by molar-refractivity contribution is 8.00. The molecule has 0 radical (unpaired) electrons. The molecule has 0 spiro atoms. The van der Waals surface area contributed by atoms with Gasteiger partial charge in [0.2, 0.25) is 17.7 Å². The van der Waals surface area contributed by atoms with Gasteiger partial charge in [0.05, 0.1) is 16.9 Å². The number of thiazole rings is 1. The second-order valence-corrected chi connectivity index (χ2v) is 13.0. The molecule has 2 saturated carbocycles. The van der Waals surface area contributed by atoms with Crippen molar-refractivity contribution >= 4 is 57.8 Å². The molecule has 36 heavy (non-hydrogen) atoms. The molecule has 4 aliphatic rings. The summed E-state index contributed by atoms with van der Waals surface area (Å²) in [4.78, 5) is 58.2. The fourth-order valence-electron chi connectivity index (χ4n) is 6.90. The number of aromatic nitrogens is 1. The van der Waals surface area contributed by atoms with Crippen LogP contribution in [0.3, 0.4) is 0 Å². The minimum Gasteiger partial charge on any atom is -0.325 e. The number of carbonyl (C=O) groups excluding carboxylic acids is 3. The number of thiophene rings is 1. The molecule has 4 heterocycles. The molecule has 3 aromatic rings. The maximum Gasteiger partial charge on any atom is 0.305 e. The number of thioether (sulfide) groups is 1. The average molecular weight is 542 g/mol. The van der Waals surface area contributed by atoms with Crippen LogP contribution in [0.15, 0.2) is 51.6 Å². The zero-order valence-corrected chi connectivity index (χ0v) is 21.1. The quantitative estimate of drug-likeness (QED) is 0.491. The Labute approximate surface area is 217 Å². The molecule has 1 aromatic carbocycles. The summed E-state index contributed by atoms with van der Waals surface area (Å²) in [5.41, 5.74) is 0.405. The van der Waals surface area contributed by atoms with Crippen molar-refractivity contribution in [1.29, 1.82) is 0 Å². The lowest BCUT2D eigenvalue weighted by Crippen LogP contribution is -2.42. The van der Waals surface area contributed by atoms with E-state index in [4.69, 9.17) is 0 Å². The number of benzene rings is 1. The fourth-order valence-corrected chi connectivity index (χ4v) is 10.7. The molecule has 3 amide bonds. The zero-order chi connectivity index (χ0) is 24.7. The van der Waals surface area contributed by atoms with E-state index in [-0.39, 0.29) is 52.2 Å². The van der Waals surface area contributed by atoms with Gasteiger partial charge in [-0.15, -0.1) is 23.1 Å². The summed E-state index contributed by atoms with van der Waals surface area (Å²) in [5.74, 6) is -2.07. The van der Waals surface area contributed by atoms with Crippen LogP contribution in [0, 0.1) is 35.4 Å². The van der Waals surface area contributed by atoms with Gasteiger partial charge < -0.3 is 10.3 Å². The second-order valence-electron chi connectivity index (χ2n) is 9.79. The van der Waals surface area contributed by atoms with Crippen LogP contribution < -0.4 is 10.2 Å². The Morgan fingerprint density at radius 3 is 2.56 bits per heavy atom. The zero-order valence-electron chi connectivity index (χ0n) is 18.7. The molecule has 7 rings (SSSR count). The van der Waals surface area contributed by atoms with Crippen molar-refractivity contribution in [2.24, 2.45) is 29.6 Å². The number of nitrogens with zero attached hydrogens (tertiary/aromatic N) is 1. The molecule has 7 unspecified atom stereocenters. The number of imide groups is 1. The number of hydrogen-bond donors (Lipinski definition) is 2. The Hall–Kier alpha value is -2.76. The Morgan fingerprint density at radius 2 is 1.83 bits per heavy atom. The van der Waals surface area contributed by atoms with E-state index < -0.39 is 23.6 Å². The van der Waals surface area contributed by atoms with E-state index in [1.807, 2.05) is 11.4 Å². The van der Waals surface area contributed by atoms with Crippen molar-refractivity contribution in [3.63, 3.8) is 0 Å². The van der Waals surface area contributed by atoms with Crippen LogP contribution in [-0.2, 0) is 14.4 Å². The van der Waals surface area contributed by atoms with Crippen molar-refractivity contribution in [2.45, 2.75) is 22.6 Å². The first-order valence-electron chi connectivity index (χ1n) is 11.7. The Balaban J connectivity index is 1.17. The molecule has 2 bridgehead atoms. The summed E-state index contributed by atoms with van der Waals surface area (Å²) < 4.78 is 13.2. The highest BCUT2D eigenvalue weighted by atomic mass is 32.2.